The van der Waals surface area contributed by atoms with Crippen LogP contribution in [0.2, 0.25) is 0 Å². The number of fused-ring (bicyclic) bond motifs is 4. The zero-order valence-electron chi connectivity index (χ0n) is 18.9. The van der Waals surface area contributed by atoms with E-state index in [-0.39, 0.29) is 0 Å². The molecule has 33 heavy (non-hydrogen) atoms. The van der Waals surface area contributed by atoms with Crippen LogP contribution < -0.4 is 4.74 Å². The third kappa shape index (κ3) is 2.91. The highest BCUT2D eigenvalue weighted by atomic mass is 16.5. The van der Waals surface area contributed by atoms with Gasteiger partial charge in [0.2, 0.25) is 0 Å². The second-order valence-electron chi connectivity index (χ2n) is 8.29. The summed E-state index contributed by atoms with van der Waals surface area (Å²) in [5.74, 6) is 2.23. The monoisotopic (exact) mass is 434 g/mol. The highest BCUT2D eigenvalue weighted by Gasteiger charge is 2.21. The maximum atomic E-state index is 5.82. The largest absolute Gasteiger partial charge is 0.496 e. The molecule has 0 spiro atoms. The average Bonchev–Trinajstić information content (AvgIpc) is 3.35. The lowest BCUT2D eigenvalue weighted by molar-refractivity contribution is 0.393. The standard InChI is InChI=1S/C27H22N4O2/c1-14-24(15(2)33-31-14)21-12-22-20(13-23(21)32-4)25-26(28-16(3)29-27(25)30-22)19-11-7-9-17-8-5-6-10-18(17)19/h5-13H,1-4H3,(H,28,29,30). The predicted octanol–water partition coefficient (Wildman–Crippen LogP) is 6.52. The number of aryl methyl sites for hydroxylation is 3. The Labute approximate surface area is 190 Å². The molecule has 0 amide bonds. The number of hydrogen-bond donors (Lipinski definition) is 1. The molecule has 6 nitrogen and oxygen atoms in total. The topological polar surface area (TPSA) is 76.8 Å². The molecule has 1 N–H and O–H groups in total. The summed E-state index contributed by atoms with van der Waals surface area (Å²) in [6.45, 7) is 5.78. The Kier molecular flexibility index (Phi) is 4.23. The molecule has 0 aliphatic carbocycles. The first-order chi connectivity index (χ1) is 16.0. The van der Waals surface area contributed by atoms with Crippen LogP contribution in [0.1, 0.15) is 17.3 Å². The molecule has 3 aromatic carbocycles. The summed E-state index contributed by atoms with van der Waals surface area (Å²) in [6, 6.07) is 18.8. The van der Waals surface area contributed by atoms with E-state index in [1.807, 2.05) is 20.8 Å². The van der Waals surface area contributed by atoms with E-state index in [1.165, 1.54) is 5.39 Å². The number of H-pyrrole nitrogens is 1. The van der Waals surface area contributed by atoms with Crippen LogP contribution >= 0.6 is 0 Å². The number of rotatable bonds is 3. The maximum absolute atomic E-state index is 5.82. The smallest absolute Gasteiger partial charge is 0.142 e. The molecule has 0 aliphatic heterocycles. The van der Waals surface area contributed by atoms with Gasteiger partial charge in [-0.3, -0.25) is 0 Å². The normalized spacial score (nSPS) is 11.6. The van der Waals surface area contributed by atoms with Crippen LogP contribution in [-0.4, -0.2) is 27.2 Å². The molecule has 0 radical (unpaired) electrons. The number of ether oxygens (including phenoxy) is 1. The summed E-state index contributed by atoms with van der Waals surface area (Å²) < 4.78 is 11.2. The van der Waals surface area contributed by atoms with Crippen LogP contribution in [0.15, 0.2) is 59.1 Å². The Balaban J connectivity index is 1.71. The number of hydrogen-bond acceptors (Lipinski definition) is 5. The van der Waals surface area contributed by atoms with Gasteiger partial charge in [-0.1, -0.05) is 47.6 Å². The van der Waals surface area contributed by atoms with E-state index >= 15 is 0 Å². The number of aromatic amines is 1. The highest BCUT2D eigenvalue weighted by molar-refractivity contribution is 6.15. The Morgan fingerprint density at radius 3 is 2.48 bits per heavy atom. The van der Waals surface area contributed by atoms with Gasteiger partial charge in [0.15, 0.2) is 0 Å². The molecule has 0 bridgehead atoms. The minimum absolute atomic E-state index is 0.718. The lowest BCUT2D eigenvalue weighted by Gasteiger charge is -2.10. The third-order valence-electron chi connectivity index (χ3n) is 6.23. The summed E-state index contributed by atoms with van der Waals surface area (Å²) in [5.41, 5.74) is 6.47. The molecule has 0 unspecified atom stereocenters. The zero-order chi connectivity index (χ0) is 22.7. The van der Waals surface area contributed by atoms with E-state index in [2.05, 4.69) is 64.7 Å². The van der Waals surface area contributed by atoms with Crippen LogP contribution in [0.25, 0.3) is 55.1 Å². The Bertz CT molecular complexity index is 1670. The van der Waals surface area contributed by atoms with E-state index in [1.54, 1.807) is 7.11 Å². The fraction of sp³-hybridized carbons (Fsp3) is 0.148. The van der Waals surface area contributed by atoms with Crippen molar-refractivity contribution in [3.05, 3.63) is 71.9 Å². The van der Waals surface area contributed by atoms with Crippen molar-refractivity contribution >= 4 is 32.7 Å². The lowest BCUT2D eigenvalue weighted by atomic mass is 9.97. The molecule has 0 saturated carbocycles. The van der Waals surface area contributed by atoms with Gasteiger partial charge < -0.3 is 14.2 Å². The number of benzene rings is 3. The third-order valence-corrected chi connectivity index (χ3v) is 6.23. The lowest BCUT2D eigenvalue weighted by Crippen LogP contribution is -1.94. The van der Waals surface area contributed by atoms with E-state index in [0.29, 0.717) is 0 Å². The van der Waals surface area contributed by atoms with Crippen molar-refractivity contribution in [2.45, 2.75) is 20.8 Å². The fourth-order valence-corrected chi connectivity index (χ4v) is 4.79. The molecule has 0 atom stereocenters. The summed E-state index contributed by atoms with van der Waals surface area (Å²) in [5, 5.41) is 8.46. The van der Waals surface area contributed by atoms with Gasteiger partial charge >= 0.3 is 0 Å². The SMILES string of the molecule is COc1cc2c(cc1-c1c(C)noc1C)[nH]c1nc(C)nc(-c3cccc4ccccc34)c12. The van der Waals surface area contributed by atoms with Gasteiger partial charge in [-0.2, -0.15) is 0 Å². The van der Waals surface area contributed by atoms with E-state index in [9.17, 15) is 0 Å². The second kappa shape index (κ2) is 7.17. The minimum Gasteiger partial charge on any atom is -0.496 e. The molecule has 162 valence electrons. The molecule has 0 saturated heterocycles. The van der Waals surface area contributed by atoms with Gasteiger partial charge in [-0.25, -0.2) is 9.97 Å². The molecular weight excluding hydrogens is 412 g/mol. The summed E-state index contributed by atoms with van der Waals surface area (Å²) in [4.78, 5) is 13.1. The van der Waals surface area contributed by atoms with E-state index in [0.717, 1.165) is 72.7 Å². The van der Waals surface area contributed by atoms with Crippen molar-refractivity contribution in [2.75, 3.05) is 7.11 Å². The maximum Gasteiger partial charge on any atom is 0.142 e. The van der Waals surface area contributed by atoms with Crippen LogP contribution in [0, 0.1) is 20.8 Å². The van der Waals surface area contributed by atoms with Crippen LogP contribution in [0.3, 0.4) is 0 Å². The summed E-state index contributed by atoms with van der Waals surface area (Å²) in [6.07, 6.45) is 0. The van der Waals surface area contributed by atoms with Gasteiger partial charge in [-0.15, -0.1) is 0 Å². The van der Waals surface area contributed by atoms with Crippen molar-refractivity contribution in [1.82, 2.24) is 20.1 Å². The predicted molar refractivity (Wildman–Crippen MR) is 131 cm³/mol. The van der Waals surface area contributed by atoms with Gasteiger partial charge in [-0.05, 0) is 43.7 Å². The molecule has 6 rings (SSSR count). The molecule has 6 aromatic rings. The number of nitrogens with zero attached hydrogens (tertiary/aromatic N) is 3. The molecule has 0 aliphatic rings. The quantitative estimate of drug-likeness (QED) is 0.343. The highest BCUT2D eigenvalue weighted by Crippen LogP contribution is 2.42. The molecule has 0 fully saturated rings. The summed E-state index contributed by atoms with van der Waals surface area (Å²) in [7, 11) is 1.68. The average molecular weight is 434 g/mol. The molecule has 3 aromatic heterocycles. The molecule has 6 heteroatoms. The van der Waals surface area contributed by atoms with E-state index < -0.39 is 0 Å². The van der Waals surface area contributed by atoms with Gasteiger partial charge in [0.05, 0.1) is 29.4 Å². The second-order valence-corrected chi connectivity index (χ2v) is 8.29. The number of aromatic nitrogens is 4. The Morgan fingerprint density at radius 2 is 1.70 bits per heavy atom. The first-order valence-corrected chi connectivity index (χ1v) is 10.8. The van der Waals surface area contributed by atoms with Crippen molar-refractivity contribution in [3.63, 3.8) is 0 Å². The van der Waals surface area contributed by atoms with Crippen LogP contribution in [-0.2, 0) is 0 Å². The van der Waals surface area contributed by atoms with Crippen molar-refractivity contribution < 1.29 is 9.26 Å². The van der Waals surface area contributed by atoms with Crippen LogP contribution in [0.5, 0.6) is 5.75 Å². The van der Waals surface area contributed by atoms with Crippen molar-refractivity contribution in [3.8, 4) is 28.1 Å². The number of nitrogens with one attached hydrogen (secondary N) is 1. The van der Waals surface area contributed by atoms with Crippen molar-refractivity contribution in [2.24, 2.45) is 0 Å². The molecular formula is C27H22N4O2. The zero-order valence-corrected chi connectivity index (χ0v) is 18.9. The Hall–Kier alpha value is -4.19. The van der Waals surface area contributed by atoms with Crippen molar-refractivity contribution in [1.29, 1.82) is 0 Å². The van der Waals surface area contributed by atoms with Gasteiger partial charge in [0.1, 0.15) is 23.0 Å². The van der Waals surface area contributed by atoms with E-state index in [4.69, 9.17) is 19.2 Å². The first kappa shape index (κ1) is 19.5. The van der Waals surface area contributed by atoms with Crippen LogP contribution in [0.4, 0.5) is 0 Å². The van der Waals surface area contributed by atoms with Gasteiger partial charge in [0.25, 0.3) is 0 Å². The molecule has 3 heterocycles. The number of methoxy groups -OCH3 is 1. The summed E-state index contributed by atoms with van der Waals surface area (Å²) >= 11 is 0. The minimum atomic E-state index is 0.718. The van der Waals surface area contributed by atoms with Gasteiger partial charge in [0, 0.05) is 22.0 Å². The fourth-order valence-electron chi connectivity index (χ4n) is 4.79. The Morgan fingerprint density at radius 1 is 0.879 bits per heavy atom. The first-order valence-electron chi connectivity index (χ1n) is 10.8.